The van der Waals surface area contributed by atoms with E-state index < -0.39 is 0 Å². The fraction of sp³-hybridized carbons (Fsp3) is 0.0588. The van der Waals surface area contributed by atoms with Gasteiger partial charge in [0.05, 0.1) is 28.5 Å². The first-order chi connectivity index (χ1) is 12.1. The highest BCUT2D eigenvalue weighted by molar-refractivity contribution is 6.03. The van der Waals surface area contributed by atoms with Gasteiger partial charge in [0.25, 0.3) is 11.5 Å². The van der Waals surface area contributed by atoms with Crippen LogP contribution in [0.5, 0.6) is 0 Å². The first kappa shape index (κ1) is 14.9. The number of aryl methyl sites for hydroxylation is 1. The molecule has 8 nitrogen and oxygen atoms in total. The van der Waals surface area contributed by atoms with E-state index >= 15 is 0 Å². The molecular formula is C17H14N6O2. The van der Waals surface area contributed by atoms with E-state index in [0.29, 0.717) is 17.2 Å². The number of nitrogens with one attached hydrogen (secondary N) is 2. The van der Waals surface area contributed by atoms with Gasteiger partial charge in [0.15, 0.2) is 0 Å². The van der Waals surface area contributed by atoms with Gasteiger partial charge in [-0.25, -0.2) is 4.98 Å². The molecule has 1 aromatic carbocycles. The Balaban J connectivity index is 1.65. The molecule has 0 radical (unpaired) electrons. The molecule has 0 aliphatic heterocycles. The predicted molar refractivity (Wildman–Crippen MR) is 92.9 cm³/mol. The molecule has 0 aliphatic carbocycles. The number of nitrogens with zero attached hydrogens (tertiary/aromatic N) is 4. The van der Waals surface area contributed by atoms with E-state index in [1.807, 2.05) is 24.3 Å². The molecule has 0 bridgehead atoms. The molecule has 3 heterocycles. The standard InChI is InChI=1S/C17H14N6O2/c1-22-10-12(8-18-22)23-9-11(6-7-15(23)24)16(25)21-17-19-13-4-2-3-5-14(13)20-17/h2-10H,1H3,(H2,19,20,21,25). The lowest BCUT2D eigenvalue weighted by Crippen LogP contribution is -2.20. The molecule has 0 aliphatic rings. The number of aromatic nitrogens is 5. The second-order valence-electron chi connectivity index (χ2n) is 5.55. The van der Waals surface area contributed by atoms with Crippen molar-refractivity contribution < 1.29 is 4.79 Å². The van der Waals surface area contributed by atoms with Crippen molar-refractivity contribution in [2.24, 2.45) is 7.05 Å². The fourth-order valence-electron chi connectivity index (χ4n) is 2.55. The SMILES string of the molecule is Cn1cc(-n2cc(C(=O)Nc3nc4ccccc4[nH]3)ccc2=O)cn1. The molecule has 0 saturated carbocycles. The van der Waals surface area contributed by atoms with E-state index in [2.05, 4.69) is 20.4 Å². The second-order valence-corrected chi connectivity index (χ2v) is 5.55. The number of carbonyl (C=O) groups is 1. The molecule has 25 heavy (non-hydrogen) atoms. The number of benzene rings is 1. The summed E-state index contributed by atoms with van der Waals surface area (Å²) >= 11 is 0. The van der Waals surface area contributed by atoms with Crippen molar-refractivity contribution >= 4 is 22.9 Å². The van der Waals surface area contributed by atoms with E-state index in [4.69, 9.17) is 0 Å². The highest BCUT2D eigenvalue weighted by atomic mass is 16.2. The average Bonchev–Trinajstić information content (AvgIpc) is 3.20. The normalized spacial score (nSPS) is 10.9. The maximum atomic E-state index is 12.5. The van der Waals surface area contributed by atoms with Crippen molar-refractivity contribution in [1.29, 1.82) is 0 Å². The number of aromatic amines is 1. The Morgan fingerprint density at radius 2 is 2.00 bits per heavy atom. The second kappa shape index (κ2) is 5.75. The first-order valence-corrected chi connectivity index (χ1v) is 7.58. The zero-order chi connectivity index (χ0) is 17.4. The minimum atomic E-state index is -0.364. The Labute approximate surface area is 141 Å². The van der Waals surface area contributed by atoms with E-state index in [1.165, 1.54) is 22.9 Å². The monoisotopic (exact) mass is 334 g/mol. The quantitative estimate of drug-likeness (QED) is 0.596. The lowest BCUT2D eigenvalue weighted by Gasteiger charge is -2.06. The van der Waals surface area contributed by atoms with Gasteiger partial charge in [-0.3, -0.25) is 24.2 Å². The number of imidazole rings is 1. The zero-order valence-corrected chi connectivity index (χ0v) is 13.3. The van der Waals surface area contributed by atoms with Crippen molar-refractivity contribution in [2.75, 3.05) is 5.32 Å². The number of hydrogen-bond acceptors (Lipinski definition) is 4. The third-order valence-corrected chi connectivity index (χ3v) is 3.76. The molecule has 1 amide bonds. The number of H-pyrrole nitrogens is 1. The molecule has 124 valence electrons. The minimum absolute atomic E-state index is 0.242. The summed E-state index contributed by atoms with van der Waals surface area (Å²) in [6, 6.07) is 10.3. The Bertz CT molecular complexity index is 1100. The summed E-state index contributed by atoms with van der Waals surface area (Å²) in [6.07, 6.45) is 4.74. The summed E-state index contributed by atoms with van der Waals surface area (Å²) in [7, 11) is 1.76. The van der Waals surface area contributed by atoms with Crippen LogP contribution in [0, 0.1) is 0 Å². The van der Waals surface area contributed by atoms with Gasteiger partial charge < -0.3 is 4.98 Å². The van der Waals surface area contributed by atoms with Gasteiger partial charge in [-0.15, -0.1) is 0 Å². The third kappa shape index (κ3) is 2.80. The van der Waals surface area contributed by atoms with Gasteiger partial charge in [-0.05, 0) is 18.2 Å². The molecule has 0 unspecified atom stereocenters. The van der Waals surface area contributed by atoms with Crippen LogP contribution in [-0.2, 0) is 7.05 Å². The van der Waals surface area contributed by atoms with Crippen molar-refractivity contribution in [1.82, 2.24) is 24.3 Å². The van der Waals surface area contributed by atoms with E-state index in [0.717, 1.165) is 11.0 Å². The van der Waals surface area contributed by atoms with Crippen LogP contribution in [0.25, 0.3) is 16.7 Å². The minimum Gasteiger partial charge on any atom is -0.324 e. The van der Waals surface area contributed by atoms with Crippen LogP contribution in [0.15, 0.2) is 59.8 Å². The summed E-state index contributed by atoms with van der Waals surface area (Å²) in [5, 5.41) is 6.75. The van der Waals surface area contributed by atoms with Gasteiger partial charge in [-0.2, -0.15) is 5.10 Å². The summed E-state index contributed by atoms with van der Waals surface area (Å²) in [5.41, 5.74) is 2.28. The van der Waals surface area contributed by atoms with Crippen molar-refractivity contribution in [3.63, 3.8) is 0 Å². The molecular weight excluding hydrogens is 320 g/mol. The van der Waals surface area contributed by atoms with Crippen LogP contribution < -0.4 is 10.9 Å². The van der Waals surface area contributed by atoms with E-state index in [1.54, 1.807) is 24.1 Å². The zero-order valence-electron chi connectivity index (χ0n) is 13.3. The highest BCUT2D eigenvalue weighted by Gasteiger charge is 2.12. The number of para-hydroxylation sites is 2. The van der Waals surface area contributed by atoms with Crippen LogP contribution in [0.1, 0.15) is 10.4 Å². The average molecular weight is 334 g/mol. The van der Waals surface area contributed by atoms with Gasteiger partial charge in [0, 0.05) is 25.5 Å². The van der Waals surface area contributed by atoms with Gasteiger partial charge in [0.1, 0.15) is 0 Å². The fourth-order valence-corrected chi connectivity index (χ4v) is 2.55. The largest absolute Gasteiger partial charge is 0.324 e. The summed E-state index contributed by atoms with van der Waals surface area (Å²) in [4.78, 5) is 31.9. The Hall–Kier alpha value is -3.68. The van der Waals surface area contributed by atoms with Crippen LogP contribution in [0.2, 0.25) is 0 Å². The van der Waals surface area contributed by atoms with Crippen molar-refractivity contribution in [3.05, 3.63) is 70.9 Å². The van der Waals surface area contributed by atoms with Crippen LogP contribution in [-0.4, -0.2) is 30.2 Å². The van der Waals surface area contributed by atoms with Crippen LogP contribution in [0.4, 0.5) is 5.95 Å². The number of pyridine rings is 1. The Morgan fingerprint density at radius 1 is 1.16 bits per heavy atom. The molecule has 0 fully saturated rings. The summed E-state index contributed by atoms with van der Waals surface area (Å²) in [5.74, 6) is -0.0120. The van der Waals surface area contributed by atoms with Gasteiger partial charge in [-0.1, -0.05) is 12.1 Å². The van der Waals surface area contributed by atoms with Crippen LogP contribution in [0.3, 0.4) is 0 Å². The van der Waals surface area contributed by atoms with Crippen molar-refractivity contribution in [2.45, 2.75) is 0 Å². The maximum absolute atomic E-state index is 12.5. The van der Waals surface area contributed by atoms with Crippen LogP contribution >= 0.6 is 0 Å². The van der Waals surface area contributed by atoms with Crippen molar-refractivity contribution in [3.8, 4) is 5.69 Å². The highest BCUT2D eigenvalue weighted by Crippen LogP contribution is 2.14. The summed E-state index contributed by atoms with van der Waals surface area (Å²) < 4.78 is 2.96. The molecule has 0 atom stereocenters. The number of amides is 1. The topological polar surface area (TPSA) is 97.6 Å². The Morgan fingerprint density at radius 3 is 2.76 bits per heavy atom. The van der Waals surface area contributed by atoms with Gasteiger partial charge >= 0.3 is 0 Å². The molecule has 2 N–H and O–H groups in total. The number of carbonyl (C=O) groups excluding carboxylic acids is 1. The van der Waals surface area contributed by atoms with E-state index in [-0.39, 0.29) is 11.5 Å². The van der Waals surface area contributed by atoms with Gasteiger partial charge in [0.2, 0.25) is 5.95 Å². The summed E-state index contributed by atoms with van der Waals surface area (Å²) in [6.45, 7) is 0. The molecule has 4 aromatic rings. The lowest BCUT2D eigenvalue weighted by molar-refractivity contribution is 0.102. The number of hydrogen-bond donors (Lipinski definition) is 2. The Kier molecular flexibility index (Phi) is 3.42. The maximum Gasteiger partial charge on any atom is 0.259 e. The number of fused-ring (bicyclic) bond motifs is 1. The molecule has 8 heteroatoms. The molecule has 3 aromatic heterocycles. The third-order valence-electron chi connectivity index (χ3n) is 3.76. The molecule has 0 spiro atoms. The molecule has 4 rings (SSSR count). The molecule has 0 saturated heterocycles. The first-order valence-electron chi connectivity index (χ1n) is 7.58. The smallest absolute Gasteiger partial charge is 0.259 e. The lowest BCUT2D eigenvalue weighted by atomic mass is 10.2. The van der Waals surface area contributed by atoms with E-state index in [9.17, 15) is 9.59 Å². The predicted octanol–water partition coefficient (Wildman–Crippen LogP) is 1.70. The number of anilines is 1. The number of rotatable bonds is 3.